The summed E-state index contributed by atoms with van der Waals surface area (Å²) >= 11 is 0. The molecule has 1 atom stereocenters. The fourth-order valence-electron chi connectivity index (χ4n) is 2.64. The number of benzene rings is 1. The number of hydrogen-bond acceptors (Lipinski definition) is 6. The van der Waals surface area contributed by atoms with E-state index in [0.29, 0.717) is 33.3 Å². The molecule has 0 aliphatic carbocycles. The molecule has 3 rings (SSSR count). The first-order valence-corrected chi connectivity index (χ1v) is 7.23. The molecule has 0 spiro atoms. The van der Waals surface area contributed by atoms with Gasteiger partial charge in [-0.25, -0.2) is 4.79 Å². The third-order valence-corrected chi connectivity index (χ3v) is 3.95. The van der Waals surface area contributed by atoms with Crippen molar-refractivity contribution in [2.24, 2.45) is 0 Å². The van der Waals surface area contributed by atoms with Crippen LogP contribution in [-0.4, -0.2) is 29.0 Å². The molecule has 0 amide bonds. The highest BCUT2D eigenvalue weighted by atomic mass is 16.5. The van der Waals surface area contributed by atoms with Crippen LogP contribution in [0.1, 0.15) is 19.4 Å². The quantitative estimate of drug-likeness (QED) is 0.717. The van der Waals surface area contributed by atoms with Crippen molar-refractivity contribution >= 4 is 21.9 Å². The van der Waals surface area contributed by atoms with E-state index in [1.807, 2.05) is 0 Å². The molecule has 0 saturated carbocycles. The second kappa shape index (κ2) is 5.40. The Morgan fingerprint density at radius 3 is 2.57 bits per heavy atom. The van der Waals surface area contributed by atoms with E-state index in [0.717, 1.165) is 0 Å². The van der Waals surface area contributed by atoms with Gasteiger partial charge < -0.3 is 23.8 Å². The molecule has 0 bridgehead atoms. The van der Waals surface area contributed by atoms with Crippen molar-refractivity contribution in [3.8, 4) is 5.75 Å². The molecule has 0 radical (unpaired) electrons. The minimum atomic E-state index is -1.31. The molecule has 0 fully saturated rings. The van der Waals surface area contributed by atoms with Crippen molar-refractivity contribution in [2.75, 3.05) is 7.11 Å². The molecule has 1 unspecified atom stereocenters. The molecular formula is C17H18O6. The van der Waals surface area contributed by atoms with E-state index >= 15 is 0 Å². The molecule has 2 heterocycles. The molecule has 2 aromatic heterocycles. The Morgan fingerprint density at radius 2 is 1.91 bits per heavy atom. The van der Waals surface area contributed by atoms with Crippen LogP contribution in [0.25, 0.3) is 21.9 Å². The van der Waals surface area contributed by atoms with E-state index in [-0.39, 0.29) is 6.42 Å². The zero-order valence-corrected chi connectivity index (χ0v) is 13.1. The zero-order chi connectivity index (χ0) is 16.8. The number of methoxy groups -OCH3 is 1. The highest BCUT2D eigenvalue weighted by Crippen LogP contribution is 2.39. The van der Waals surface area contributed by atoms with E-state index in [9.17, 15) is 15.0 Å². The summed E-state index contributed by atoms with van der Waals surface area (Å²) in [5.41, 5.74) is -0.537. The summed E-state index contributed by atoms with van der Waals surface area (Å²) in [4.78, 5) is 11.6. The average molecular weight is 318 g/mol. The van der Waals surface area contributed by atoms with Gasteiger partial charge in [-0.2, -0.15) is 0 Å². The van der Waals surface area contributed by atoms with Gasteiger partial charge in [-0.3, -0.25) is 0 Å². The third-order valence-electron chi connectivity index (χ3n) is 3.95. The summed E-state index contributed by atoms with van der Waals surface area (Å²) in [6.07, 6.45) is 0.517. The first kappa shape index (κ1) is 15.6. The lowest BCUT2D eigenvalue weighted by molar-refractivity contribution is -0.0468. The first-order valence-electron chi connectivity index (χ1n) is 7.23. The number of rotatable bonds is 4. The van der Waals surface area contributed by atoms with E-state index < -0.39 is 17.3 Å². The van der Waals surface area contributed by atoms with Crippen molar-refractivity contribution in [1.82, 2.24) is 0 Å². The van der Waals surface area contributed by atoms with E-state index in [1.165, 1.54) is 33.3 Å². The van der Waals surface area contributed by atoms with Crippen LogP contribution in [0.2, 0.25) is 0 Å². The van der Waals surface area contributed by atoms with Gasteiger partial charge in [0.1, 0.15) is 16.9 Å². The Labute approximate surface area is 131 Å². The predicted octanol–water partition coefficient (Wildman–Crippen LogP) is 2.22. The number of ether oxygens (including phenoxy) is 1. The molecule has 6 nitrogen and oxygen atoms in total. The molecule has 0 aliphatic heterocycles. The van der Waals surface area contributed by atoms with Crippen LogP contribution >= 0.6 is 0 Å². The van der Waals surface area contributed by atoms with E-state index in [2.05, 4.69) is 0 Å². The number of furan rings is 1. The Morgan fingerprint density at radius 1 is 1.22 bits per heavy atom. The lowest BCUT2D eigenvalue weighted by atomic mass is 9.93. The van der Waals surface area contributed by atoms with E-state index in [1.54, 1.807) is 12.1 Å². The van der Waals surface area contributed by atoms with Gasteiger partial charge in [0.2, 0.25) is 0 Å². The van der Waals surface area contributed by atoms with Gasteiger partial charge in [-0.15, -0.1) is 0 Å². The van der Waals surface area contributed by atoms with Crippen LogP contribution in [0.15, 0.2) is 38.1 Å². The second-order valence-corrected chi connectivity index (χ2v) is 6.05. The van der Waals surface area contributed by atoms with Gasteiger partial charge in [0, 0.05) is 18.1 Å². The average Bonchev–Trinajstić information content (AvgIpc) is 2.95. The highest BCUT2D eigenvalue weighted by molar-refractivity contribution is 6.04. The molecule has 1 aromatic carbocycles. The van der Waals surface area contributed by atoms with Gasteiger partial charge in [-0.1, -0.05) is 0 Å². The van der Waals surface area contributed by atoms with Crippen LogP contribution in [0, 0.1) is 0 Å². The molecular weight excluding hydrogens is 300 g/mol. The normalized spacial score (nSPS) is 13.6. The topological polar surface area (TPSA) is 93.0 Å². The van der Waals surface area contributed by atoms with Crippen LogP contribution < -0.4 is 10.4 Å². The van der Waals surface area contributed by atoms with Gasteiger partial charge in [-0.05, 0) is 26.0 Å². The minimum absolute atomic E-state index is 0.0704. The van der Waals surface area contributed by atoms with Crippen molar-refractivity contribution in [1.29, 1.82) is 0 Å². The number of fused-ring (bicyclic) bond motifs is 2. The van der Waals surface area contributed by atoms with Crippen molar-refractivity contribution in [2.45, 2.75) is 32.0 Å². The van der Waals surface area contributed by atoms with Gasteiger partial charge in [0.05, 0.1) is 35.9 Å². The monoisotopic (exact) mass is 318 g/mol. The maximum Gasteiger partial charge on any atom is 0.336 e. The molecule has 0 aliphatic rings. The summed E-state index contributed by atoms with van der Waals surface area (Å²) in [6.45, 7) is 3.03. The summed E-state index contributed by atoms with van der Waals surface area (Å²) in [7, 11) is 1.53. The predicted molar refractivity (Wildman–Crippen MR) is 84.8 cm³/mol. The molecule has 3 aromatic rings. The fraction of sp³-hybridized carbons (Fsp3) is 0.353. The van der Waals surface area contributed by atoms with Crippen molar-refractivity contribution in [3.63, 3.8) is 0 Å². The fourth-order valence-corrected chi connectivity index (χ4v) is 2.64. The second-order valence-electron chi connectivity index (χ2n) is 6.05. The van der Waals surface area contributed by atoms with Gasteiger partial charge >= 0.3 is 5.63 Å². The van der Waals surface area contributed by atoms with Gasteiger partial charge in [0.15, 0.2) is 0 Å². The number of aliphatic hydroxyl groups is 2. The standard InChI is InChI=1S/C17H18O6/c1-17(2,20)12(18)8-11-15-10(6-7-22-15)14(21-3)9-4-5-13(19)23-16(9)11/h4-7,12,18,20H,8H2,1-3H3. The third kappa shape index (κ3) is 2.60. The molecule has 2 N–H and O–H groups in total. The highest BCUT2D eigenvalue weighted by Gasteiger charge is 2.28. The Kier molecular flexibility index (Phi) is 3.66. The Balaban J connectivity index is 2.35. The van der Waals surface area contributed by atoms with Gasteiger partial charge in [0.25, 0.3) is 0 Å². The Hall–Kier alpha value is -2.31. The lowest BCUT2D eigenvalue weighted by Crippen LogP contribution is -2.37. The number of hydrogen-bond donors (Lipinski definition) is 2. The zero-order valence-electron chi connectivity index (χ0n) is 13.1. The maximum absolute atomic E-state index is 11.6. The summed E-state index contributed by atoms with van der Waals surface area (Å²) in [6, 6.07) is 4.68. The summed E-state index contributed by atoms with van der Waals surface area (Å²) in [5, 5.41) is 21.6. The van der Waals surface area contributed by atoms with Crippen LogP contribution in [0.3, 0.4) is 0 Å². The van der Waals surface area contributed by atoms with Crippen molar-refractivity contribution in [3.05, 3.63) is 40.4 Å². The summed E-state index contributed by atoms with van der Waals surface area (Å²) in [5.74, 6) is 0.536. The maximum atomic E-state index is 11.6. The molecule has 122 valence electrons. The molecule has 23 heavy (non-hydrogen) atoms. The van der Waals surface area contributed by atoms with Crippen LogP contribution in [-0.2, 0) is 6.42 Å². The molecule has 6 heteroatoms. The largest absolute Gasteiger partial charge is 0.495 e. The van der Waals surface area contributed by atoms with E-state index in [4.69, 9.17) is 13.6 Å². The molecule has 0 saturated heterocycles. The number of aliphatic hydroxyl groups excluding tert-OH is 1. The van der Waals surface area contributed by atoms with Crippen LogP contribution in [0.4, 0.5) is 0 Å². The smallest absolute Gasteiger partial charge is 0.336 e. The Bertz CT molecular complexity index is 912. The lowest BCUT2D eigenvalue weighted by Gasteiger charge is -2.24. The SMILES string of the molecule is COc1c2ccoc2c(CC(O)C(C)(C)O)c2oc(=O)ccc12. The first-order chi connectivity index (χ1) is 10.8. The van der Waals surface area contributed by atoms with Crippen LogP contribution in [0.5, 0.6) is 5.75 Å². The minimum Gasteiger partial charge on any atom is -0.495 e. The van der Waals surface area contributed by atoms with Crippen molar-refractivity contribution < 1.29 is 23.8 Å². The summed E-state index contributed by atoms with van der Waals surface area (Å²) < 4.78 is 16.3.